The lowest BCUT2D eigenvalue weighted by Gasteiger charge is -2.02. The van der Waals surface area contributed by atoms with Gasteiger partial charge in [-0.1, -0.05) is 11.3 Å². The second-order valence-corrected chi connectivity index (χ2v) is 6.90. The van der Waals surface area contributed by atoms with Gasteiger partial charge in [-0.25, -0.2) is 0 Å². The standard InChI is InChI=1S/C10H12BrN3S2/c1-5-4-7(15-8(5)11)10-14-13-9(16-10)6(2)12-3/h4,6,12H,1-3H3. The summed E-state index contributed by atoms with van der Waals surface area (Å²) in [6, 6.07) is 2.40. The van der Waals surface area contributed by atoms with E-state index in [2.05, 4.69) is 51.4 Å². The molecule has 1 atom stereocenters. The average Bonchev–Trinajstić information content (AvgIpc) is 2.86. The van der Waals surface area contributed by atoms with Crippen molar-refractivity contribution in [2.45, 2.75) is 19.9 Å². The van der Waals surface area contributed by atoms with Gasteiger partial charge in [-0.3, -0.25) is 0 Å². The van der Waals surface area contributed by atoms with Gasteiger partial charge in [0.05, 0.1) is 14.7 Å². The molecule has 0 radical (unpaired) electrons. The minimum Gasteiger partial charge on any atom is -0.311 e. The van der Waals surface area contributed by atoms with Gasteiger partial charge in [-0.15, -0.1) is 21.5 Å². The van der Waals surface area contributed by atoms with E-state index >= 15 is 0 Å². The molecule has 0 aliphatic carbocycles. The van der Waals surface area contributed by atoms with E-state index in [0.717, 1.165) is 10.0 Å². The summed E-state index contributed by atoms with van der Waals surface area (Å²) >= 11 is 6.88. The van der Waals surface area contributed by atoms with Gasteiger partial charge >= 0.3 is 0 Å². The molecule has 2 aromatic rings. The van der Waals surface area contributed by atoms with Gasteiger partial charge in [0, 0.05) is 0 Å². The Morgan fingerprint density at radius 1 is 1.38 bits per heavy atom. The fraction of sp³-hybridized carbons (Fsp3) is 0.400. The largest absolute Gasteiger partial charge is 0.311 e. The number of rotatable bonds is 3. The Kier molecular flexibility index (Phi) is 3.73. The second kappa shape index (κ2) is 4.91. The molecule has 3 nitrogen and oxygen atoms in total. The predicted molar refractivity (Wildman–Crippen MR) is 73.1 cm³/mol. The van der Waals surface area contributed by atoms with Crippen LogP contribution in [0.5, 0.6) is 0 Å². The molecule has 0 bridgehead atoms. The van der Waals surface area contributed by atoms with Crippen molar-refractivity contribution in [1.29, 1.82) is 0 Å². The lowest BCUT2D eigenvalue weighted by atomic mass is 10.3. The number of thiophene rings is 1. The summed E-state index contributed by atoms with van der Waals surface area (Å²) in [6.45, 7) is 4.17. The average molecular weight is 318 g/mol. The number of hydrogen-bond acceptors (Lipinski definition) is 5. The van der Waals surface area contributed by atoms with Crippen LogP contribution in [0.3, 0.4) is 0 Å². The van der Waals surface area contributed by atoms with Crippen molar-refractivity contribution in [2.75, 3.05) is 7.05 Å². The van der Waals surface area contributed by atoms with E-state index in [1.54, 1.807) is 22.7 Å². The predicted octanol–water partition coefficient (Wildman–Crippen LogP) is 3.62. The fourth-order valence-corrected chi connectivity index (χ4v) is 3.68. The molecule has 0 saturated heterocycles. The van der Waals surface area contributed by atoms with Crippen molar-refractivity contribution in [2.24, 2.45) is 0 Å². The normalized spacial score (nSPS) is 13.0. The number of nitrogens with one attached hydrogen (secondary N) is 1. The Labute approximate surface area is 111 Å². The number of nitrogens with zero attached hydrogens (tertiary/aromatic N) is 2. The minimum absolute atomic E-state index is 0.260. The monoisotopic (exact) mass is 317 g/mol. The third kappa shape index (κ3) is 2.34. The number of aryl methyl sites for hydroxylation is 1. The summed E-state index contributed by atoms with van der Waals surface area (Å²) in [5.41, 5.74) is 1.25. The van der Waals surface area contributed by atoms with Crippen LogP contribution in [0.25, 0.3) is 9.88 Å². The third-order valence-corrected chi connectivity index (χ3v) is 5.72. The van der Waals surface area contributed by atoms with E-state index < -0.39 is 0 Å². The molecule has 86 valence electrons. The smallest absolute Gasteiger partial charge is 0.157 e. The fourth-order valence-electron chi connectivity index (χ4n) is 1.20. The summed E-state index contributed by atoms with van der Waals surface area (Å²) in [6.07, 6.45) is 0. The van der Waals surface area contributed by atoms with E-state index in [0.29, 0.717) is 0 Å². The summed E-state index contributed by atoms with van der Waals surface area (Å²) in [5, 5.41) is 13.6. The van der Waals surface area contributed by atoms with Crippen molar-refractivity contribution in [1.82, 2.24) is 15.5 Å². The van der Waals surface area contributed by atoms with Crippen molar-refractivity contribution < 1.29 is 0 Å². The van der Waals surface area contributed by atoms with Crippen molar-refractivity contribution in [3.05, 3.63) is 20.4 Å². The third-order valence-electron chi connectivity index (χ3n) is 2.31. The van der Waals surface area contributed by atoms with Gasteiger partial charge in [-0.2, -0.15) is 0 Å². The molecule has 0 aliphatic heterocycles. The van der Waals surface area contributed by atoms with Gasteiger partial charge < -0.3 is 5.32 Å². The van der Waals surface area contributed by atoms with Gasteiger partial charge in [0.1, 0.15) is 5.01 Å². The maximum absolute atomic E-state index is 4.23. The first-order valence-electron chi connectivity index (χ1n) is 4.88. The number of aromatic nitrogens is 2. The highest BCUT2D eigenvalue weighted by Gasteiger charge is 2.13. The summed E-state index contributed by atoms with van der Waals surface area (Å²) < 4.78 is 1.17. The van der Waals surface area contributed by atoms with Gasteiger partial charge in [0.2, 0.25) is 0 Å². The number of hydrogen-bond donors (Lipinski definition) is 1. The molecule has 2 aromatic heterocycles. The Morgan fingerprint density at radius 2 is 2.12 bits per heavy atom. The Hall–Kier alpha value is -0.300. The molecule has 1 N–H and O–H groups in total. The SMILES string of the molecule is CNC(C)c1nnc(-c2cc(C)c(Br)s2)s1. The zero-order chi connectivity index (χ0) is 11.7. The molecule has 0 aliphatic rings. The van der Waals surface area contributed by atoms with E-state index in [1.807, 2.05) is 7.05 Å². The first kappa shape index (κ1) is 12.2. The van der Waals surface area contributed by atoms with Crippen LogP contribution in [0.1, 0.15) is 23.5 Å². The Balaban J connectivity index is 2.31. The first-order chi connectivity index (χ1) is 7.61. The summed E-state index contributed by atoms with van der Waals surface area (Å²) in [7, 11) is 1.93. The molecular formula is C10H12BrN3S2. The first-order valence-corrected chi connectivity index (χ1v) is 7.31. The van der Waals surface area contributed by atoms with Gasteiger partial charge in [0.25, 0.3) is 0 Å². The molecule has 16 heavy (non-hydrogen) atoms. The Bertz CT molecular complexity index is 472. The van der Waals surface area contributed by atoms with E-state index in [4.69, 9.17) is 0 Å². The number of halogens is 1. The van der Waals surface area contributed by atoms with Crippen LogP contribution in [-0.2, 0) is 0 Å². The van der Waals surface area contributed by atoms with Gasteiger partial charge in [0.15, 0.2) is 5.01 Å². The quantitative estimate of drug-likeness (QED) is 0.939. The topological polar surface area (TPSA) is 37.8 Å². The minimum atomic E-state index is 0.260. The molecule has 2 heterocycles. The van der Waals surface area contributed by atoms with Crippen LogP contribution in [0.4, 0.5) is 0 Å². The molecule has 2 rings (SSSR count). The maximum Gasteiger partial charge on any atom is 0.157 e. The van der Waals surface area contributed by atoms with E-state index in [-0.39, 0.29) is 6.04 Å². The molecule has 0 aromatic carbocycles. The van der Waals surface area contributed by atoms with Crippen LogP contribution in [0.15, 0.2) is 9.85 Å². The molecule has 0 spiro atoms. The van der Waals surface area contributed by atoms with Crippen LogP contribution >= 0.6 is 38.6 Å². The zero-order valence-corrected chi connectivity index (χ0v) is 12.5. The van der Waals surface area contributed by atoms with Crippen molar-refractivity contribution in [3.63, 3.8) is 0 Å². The highest BCUT2D eigenvalue weighted by molar-refractivity contribution is 9.11. The second-order valence-electron chi connectivity index (χ2n) is 3.52. The van der Waals surface area contributed by atoms with Crippen LogP contribution in [0.2, 0.25) is 0 Å². The van der Waals surface area contributed by atoms with Crippen molar-refractivity contribution in [3.8, 4) is 9.88 Å². The van der Waals surface area contributed by atoms with Crippen LogP contribution in [-0.4, -0.2) is 17.2 Å². The van der Waals surface area contributed by atoms with E-state index in [9.17, 15) is 0 Å². The zero-order valence-electron chi connectivity index (χ0n) is 9.24. The summed E-state index contributed by atoms with van der Waals surface area (Å²) in [5.74, 6) is 0. The highest BCUT2D eigenvalue weighted by Crippen LogP contribution is 2.36. The van der Waals surface area contributed by atoms with Gasteiger partial charge in [-0.05, 0) is 48.5 Å². The molecule has 1 unspecified atom stereocenters. The van der Waals surface area contributed by atoms with E-state index in [1.165, 1.54) is 14.2 Å². The Morgan fingerprint density at radius 3 is 2.69 bits per heavy atom. The highest BCUT2D eigenvalue weighted by atomic mass is 79.9. The maximum atomic E-state index is 4.23. The molecule has 0 saturated carbocycles. The van der Waals surface area contributed by atoms with Crippen LogP contribution < -0.4 is 5.32 Å². The molecule has 0 fully saturated rings. The van der Waals surface area contributed by atoms with Crippen LogP contribution in [0, 0.1) is 6.92 Å². The van der Waals surface area contributed by atoms with Crippen molar-refractivity contribution >= 4 is 38.6 Å². The molecule has 6 heteroatoms. The lowest BCUT2D eigenvalue weighted by Crippen LogP contribution is -2.11. The molecule has 0 amide bonds. The lowest BCUT2D eigenvalue weighted by molar-refractivity contribution is 0.640. The molecular weight excluding hydrogens is 306 g/mol. The summed E-state index contributed by atoms with van der Waals surface area (Å²) in [4.78, 5) is 1.18.